The van der Waals surface area contributed by atoms with Gasteiger partial charge >= 0.3 is 6.03 Å². The van der Waals surface area contributed by atoms with Crippen LogP contribution in [0.2, 0.25) is 0 Å². The van der Waals surface area contributed by atoms with Gasteiger partial charge < -0.3 is 21.7 Å². The van der Waals surface area contributed by atoms with Gasteiger partial charge in [-0.2, -0.15) is 0 Å². The minimum absolute atomic E-state index is 0.132. The van der Waals surface area contributed by atoms with Crippen LogP contribution in [0.25, 0.3) is 0 Å². The van der Waals surface area contributed by atoms with Crippen molar-refractivity contribution in [3.63, 3.8) is 0 Å². The molecule has 1 rings (SSSR count). The molecular weight excluding hydrogens is 268 g/mol. The smallest absolute Gasteiger partial charge is 0.319 e. The molecule has 5 N–H and O–H groups in total. The molecule has 0 aromatic heterocycles. The summed E-state index contributed by atoms with van der Waals surface area (Å²) in [6, 6.07) is 7.60. The van der Waals surface area contributed by atoms with Crippen LogP contribution in [-0.4, -0.2) is 25.0 Å². The molecule has 0 radical (unpaired) electrons. The summed E-state index contributed by atoms with van der Waals surface area (Å²) in [5.41, 5.74) is 6.87. The fourth-order valence-corrected chi connectivity index (χ4v) is 1.81. The van der Waals surface area contributed by atoms with E-state index in [0.29, 0.717) is 5.69 Å². The number of benzene rings is 1. The van der Waals surface area contributed by atoms with E-state index in [-0.39, 0.29) is 25.0 Å². The van der Waals surface area contributed by atoms with Crippen molar-refractivity contribution >= 4 is 17.6 Å². The number of rotatable bonds is 8. The third kappa shape index (κ3) is 6.76. The first kappa shape index (κ1) is 17.0. The molecule has 1 unspecified atom stereocenters. The van der Waals surface area contributed by atoms with Crippen LogP contribution in [0.4, 0.5) is 10.5 Å². The SMILES string of the molecule is CCCNC(C)c1ccc(NC(=O)NCCC(N)=O)cc1. The average Bonchev–Trinajstić information content (AvgIpc) is 2.45. The van der Waals surface area contributed by atoms with Crippen LogP contribution < -0.4 is 21.7 Å². The van der Waals surface area contributed by atoms with E-state index in [1.165, 1.54) is 5.56 Å². The molecule has 0 fully saturated rings. The molecule has 0 bridgehead atoms. The summed E-state index contributed by atoms with van der Waals surface area (Å²) in [4.78, 5) is 22.1. The third-order valence-corrected chi connectivity index (χ3v) is 3.03. The second kappa shape index (κ2) is 8.97. The summed E-state index contributed by atoms with van der Waals surface area (Å²) in [6.07, 6.45) is 1.22. The number of amides is 3. The first-order chi connectivity index (χ1) is 10.0. The Kier molecular flexibility index (Phi) is 7.25. The standard InChI is InChI=1S/C15H24N4O2/c1-3-9-17-11(2)12-4-6-13(7-5-12)19-15(21)18-10-8-14(16)20/h4-7,11,17H,3,8-10H2,1-2H3,(H2,16,20)(H2,18,19,21). The molecule has 1 atom stereocenters. The maximum atomic E-state index is 11.6. The molecule has 1 aromatic carbocycles. The Bertz CT molecular complexity index is 459. The Morgan fingerprint density at radius 3 is 2.43 bits per heavy atom. The van der Waals surface area contributed by atoms with E-state index in [2.05, 4.69) is 29.8 Å². The number of nitrogens with two attached hydrogens (primary N) is 1. The molecule has 116 valence electrons. The number of hydrogen-bond donors (Lipinski definition) is 4. The van der Waals surface area contributed by atoms with Gasteiger partial charge in [0.05, 0.1) is 0 Å². The molecule has 21 heavy (non-hydrogen) atoms. The highest BCUT2D eigenvalue weighted by molar-refractivity contribution is 5.89. The van der Waals surface area contributed by atoms with Gasteiger partial charge in [-0.15, -0.1) is 0 Å². The summed E-state index contributed by atoms with van der Waals surface area (Å²) >= 11 is 0. The fraction of sp³-hybridized carbons (Fsp3) is 0.467. The normalized spacial score (nSPS) is 11.7. The summed E-state index contributed by atoms with van der Waals surface area (Å²) < 4.78 is 0. The van der Waals surface area contributed by atoms with E-state index in [4.69, 9.17) is 5.73 Å². The molecule has 1 aromatic rings. The summed E-state index contributed by atoms with van der Waals surface area (Å²) in [6.45, 7) is 5.44. The Morgan fingerprint density at radius 2 is 1.86 bits per heavy atom. The van der Waals surface area contributed by atoms with Crippen LogP contribution in [0.3, 0.4) is 0 Å². The average molecular weight is 292 g/mol. The van der Waals surface area contributed by atoms with Crippen LogP contribution in [0.15, 0.2) is 24.3 Å². The molecule has 6 nitrogen and oxygen atoms in total. The van der Waals surface area contributed by atoms with Gasteiger partial charge in [-0.3, -0.25) is 4.79 Å². The van der Waals surface area contributed by atoms with Crippen molar-refractivity contribution in [2.24, 2.45) is 5.73 Å². The first-order valence-corrected chi connectivity index (χ1v) is 7.19. The predicted octanol–water partition coefficient (Wildman–Crippen LogP) is 1.74. The molecule has 0 aliphatic carbocycles. The predicted molar refractivity (Wildman–Crippen MR) is 84.0 cm³/mol. The van der Waals surface area contributed by atoms with Crippen LogP contribution in [0.1, 0.15) is 38.3 Å². The lowest BCUT2D eigenvalue weighted by Gasteiger charge is -2.14. The highest BCUT2D eigenvalue weighted by Gasteiger charge is 2.05. The van der Waals surface area contributed by atoms with E-state index < -0.39 is 5.91 Å². The Hall–Kier alpha value is -2.08. The van der Waals surface area contributed by atoms with Gasteiger partial charge in [0.2, 0.25) is 5.91 Å². The maximum absolute atomic E-state index is 11.6. The molecule has 0 aliphatic rings. The zero-order valence-corrected chi connectivity index (χ0v) is 12.6. The largest absolute Gasteiger partial charge is 0.370 e. The van der Waals surface area contributed by atoms with Crippen molar-refractivity contribution in [3.8, 4) is 0 Å². The van der Waals surface area contributed by atoms with Crippen molar-refractivity contribution < 1.29 is 9.59 Å². The Balaban J connectivity index is 2.43. The van der Waals surface area contributed by atoms with Crippen LogP contribution in [0.5, 0.6) is 0 Å². The lowest BCUT2D eigenvalue weighted by atomic mass is 10.1. The van der Waals surface area contributed by atoms with Crippen LogP contribution in [-0.2, 0) is 4.79 Å². The van der Waals surface area contributed by atoms with Crippen molar-refractivity contribution in [1.82, 2.24) is 10.6 Å². The number of anilines is 1. The first-order valence-electron chi connectivity index (χ1n) is 7.19. The summed E-state index contributed by atoms with van der Waals surface area (Å²) in [5.74, 6) is -0.437. The monoisotopic (exact) mass is 292 g/mol. The molecule has 0 spiro atoms. The molecule has 6 heteroatoms. The Labute approximate surface area is 125 Å². The van der Waals surface area contributed by atoms with E-state index in [1.807, 2.05) is 24.3 Å². The van der Waals surface area contributed by atoms with Gasteiger partial charge in [-0.1, -0.05) is 19.1 Å². The minimum Gasteiger partial charge on any atom is -0.370 e. The van der Waals surface area contributed by atoms with Crippen molar-refractivity contribution in [2.75, 3.05) is 18.4 Å². The van der Waals surface area contributed by atoms with E-state index in [1.54, 1.807) is 0 Å². The number of urea groups is 1. The molecule has 0 saturated carbocycles. The number of hydrogen-bond acceptors (Lipinski definition) is 3. The van der Waals surface area contributed by atoms with Gasteiger partial charge in [0, 0.05) is 24.7 Å². The highest BCUT2D eigenvalue weighted by Crippen LogP contribution is 2.15. The Morgan fingerprint density at radius 1 is 1.19 bits per heavy atom. The zero-order valence-electron chi connectivity index (χ0n) is 12.6. The highest BCUT2D eigenvalue weighted by atomic mass is 16.2. The maximum Gasteiger partial charge on any atom is 0.319 e. The van der Waals surface area contributed by atoms with E-state index >= 15 is 0 Å². The summed E-state index contributed by atoms with van der Waals surface area (Å²) in [5, 5.41) is 8.67. The van der Waals surface area contributed by atoms with Gasteiger partial charge in [0.1, 0.15) is 0 Å². The number of primary amides is 1. The second-order valence-corrected chi connectivity index (χ2v) is 4.90. The number of nitrogens with one attached hydrogen (secondary N) is 3. The molecule has 0 aliphatic heterocycles. The van der Waals surface area contributed by atoms with E-state index in [9.17, 15) is 9.59 Å². The number of carbonyl (C=O) groups excluding carboxylic acids is 2. The zero-order chi connectivity index (χ0) is 15.7. The van der Waals surface area contributed by atoms with Crippen LogP contribution in [0, 0.1) is 0 Å². The topological polar surface area (TPSA) is 96.2 Å². The molecule has 0 saturated heterocycles. The lowest BCUT2D eigenvalue weighted by molar-refractivity contribution is -0.117. The van der Waals surface area contributed by atoms with Crippen LogP contribution >= 0.6 is 0 Å². The van der Waals surface area contributed by atoms with Gasteiger partial charge in [-0.25, -0.2) is 4.79 Å². The number of carbonyl (C=O) groups is 2. The lowest BCUT2D eigenvalue weighted by Crippen LogP contribution is -2.31. The van der Waals surface area contributed by atoms with Crippen molar-refractivity contribution in [3.05, 3.63) is 29.8 Å². The van der Waals surface area contributed by atoms with E-state index in [0.717, 1.165) is 13.0 Å². The van der Waals surface area contributed by atoms with Gasteiger partial charge in [0.25, 0.3) is 0 Å². The molecule has 0 heterocycles. The molecular formula is C15H24N4O2. The second-order valence-electron chi connectivity index (χ2n) is 4.90. The minimum atomic E-state index is -0.437. The molecule has 3 amide bonds. The van der Waals surface area contributed by atoms with Crippen molar-refractivity contribution in [2.45, 2.75) is 32.7 Å². The quantitative estimate of drug-likeness (QED) is 0.587. The fourth-order valence-electron chi connectivity index (χ4n) is 1.81. The summed E-state index contributed by atoms with van der Waals surface area (Å²) in [7, 11) is 0. The van der Waals surface area contributed by atoms with Crippen molar-refractivity contribution in [1.29, 1.82) is 0 Å². The van der Waals surface area contributed by atoms with Gasteiger partial charge in [0.15, 0.2) is 0 Å². The van der Waals surface area contributed by atoms with Gasteiger partial charge in [-0.05, 0) is 37.6 Å². The third-order valence-electron chi connectivity index (χ3n) is 3.03.